The molecule has 3 rings (SSSR count). The van der Waals surface area contributed by atoms with Gasteiger partial charge in [0.1, 0.15) is 5.82 Å². The molecule has 0 aromatic heterocycles. The first-order valence-corrected chi connectivity index (χ1v) is 8.81. The van der Waals surface area contributed by atoms with Gasteiger partial charge in [-0.2, -0.15) is 0 Å². The average Bonchev–Trinajstić information content (AvgIpc) is 2.58. The molecular weight excluding hydrogens is 301 g/mol. The predicted octanol–water partition coefficient (Wildman–Crippen LogP) is 3.89. The SMILES string of the molecule is C[C@@H]1CN(Cc2ccccc2)CC[C@H]1C(O)Cc1ccccc1F. The first-order valence-electron chi connectivity index (χ1n) is 8.81. The van der Waals surface area contributed by atoms with Crippen molar-refractivity contribution in [1.29, 1.82) is 0 Å². The standard InChI is InChI=1S/C21H26FNO/c1-16-14-23(15-17-7-3-2-4-8-17)12-11-19(16)21(24)13-18-9-5-6-10-20(18)22/h2-10,16,19,21,24H,11-15H2,1H3/t16-,19-,21?/m1/s1. The smallest absolute Gasteiger partial charge is 0.126 e. The van der Waals surface area contributed by atoms with Crippen LogP contribution in [0.5, 0.6) is 0 Å². The van der Waals surface area contributed by atoms with Crippen molar-refractivity contribution >= 4 is 0 Å². The van der Waals surface area contributed by atoms with Gasteiger partial charge in [-0.05, 0) is 42.0 Å². The van der Waals surface area contributed by atoms with Gasteiger partial charge in [0.15, 0.2) is 0 Å². The molecule has 0 radical (unpaired) electrons. The quantitative estimate of drug-likeness (QED) is 0.901. The molecule has 1 saturated heterocycles. The van der Waals surface area contributed by atoms with Gasteiger partial charge in [0.2, 0.25) is 0 Å². The Bertz CT molecular complexity index is 645. The molecule has 24 heavy (non-hydrogen) atoms. The number of halogens is 1. The summed E-state index contributed by atoms with van der Waals surface area (Å²) in [4.78, 5) is 2.45. The van der Waals surface area contributed by atoms with Crippen molar-refractivity contribution in [1.82, 2.24) is 4.90 Å². The van der Waals surface area contributed by atoms with E-state index in [1.165, 1.54) is 11.6 Å². The lowest BCUT2D eigenvalue weighted by Gasteiger charge is -2.39. The highest BCUT2D eigenvalue weighted by atomic mass is 19.1. The summed E-state index contributed by atoms with van der Waals surface area (Å²) < 4.78 is 13.8. The van der Waals surface area contributed by atoms with Crippen LogP contribution in [0.3, 0.4) is 0 Å². The number of benzene rings is 2. The highest BCUT2D eigenvalue weighted by Crippen LogP contribution is 2.29. The topological polar surface area (TPSA) is 23.5 Å². The van der Waals surface area contributed by atoms with Crippen LogP contribution in [0.1, 0.15) is 24.5 Å². The molecule has 1 aliphatic rings. The summed E-state index contributed by atoms with van der Waals surface area (Å²) in [7, 11) is 0. The molecule has 0 amide bonds. The minimum Gasteiger partial charge on any atom is -0.392 e. The number of nitrogens with zero attached hydrogens (tertiary/aromatic N) is 1. The van der Waals surface area contributed by atoms with Gasteiger partial charge in [0.05, 0.1) is 6.10 Å². The fourth-order valence-corrected chi connectivity index (χ4v) is 3.85. The maximum Gasteiger partial charge on any atom is 0.126 e. The zero-order chi connectivity index (χ0) is 16.9. The monoisotopic (exact) mass is 327 g/mol. The van der Waals surface area contributed by atoms with Gasteiger partial charge in [-0.15, -0.1) is 0 Å². The second-order valence-electron chi connectivity index (χ2n) is 7.01. The van der Waals surface area contributed by atoms with Crippen molar-refractivity contribution in [3.05, 3.63) is 71.5 Å². The van der Waals surface area contributed by atoms with E-state index < -0.39 is 6.10 Å². The first kappa shape index (κ1) is 17.1. The first-order chi connectivity index (χ1) is 11.6. The predicted molar refractivity (Wildman–Crippen MR) is 95.1 cm³/mol. The molecular formula is C21H26FNO. The van der Waals surface area contributed by atoms with E-state index in [2.05, 4.69) is 36.1 Å². The Balaban J connectivity index is 1.56. The van der Waals surface area contributed by atoms with Gasteiger partial charge < -0.3 is 5.11 Å². The number of aliphatic hydroxyl groups excluding tert-OH is 1. The summed E-state index contributed by atoms with van der Waals surface area (Å²) in [5.74, 6) is 0.423. The van der Waals surface area contributed by atoms with Gasteiger partial charge in [0.25, 0.3) is 0 Å². The van der Waals surface area contributed by atoms with E-state index in [1.807, 2.05) is 12.1 Å². The summed E-state index contributed by atoms with van der Waals surface area (Å²) in [5.41, 5.74) is 1.94. The fourth-order valence-electron chi connectivity index (χ4n) is 3.85. The molecule has 1 heterocycles. The van der Waals surface area contributed by atoms with Crippen LogP contribution in [0.4, 0.5) is 4.39 Å². The molecule has 128 valence electrons. The Morgan fingerprint density at radius 1 is 1.12 bits per heavy atom. The van der Waals surface area contributed by atoms with Gasteiger partial charge in [-0.3, -0.25) is 4.90 Å². The van der Waals surface area contributed by atoms with E-state index in [4.69, 9.17) is 0 Å². The van der Waals surface area contributed by atoms with Crippen molar-refractivity contribution in [3.8, 4) is 0 Å². The summed E-state index contributed by atoms with van der Waals surface area (Å²) in [6.07, 6.45) is 0.889. The summed E-state index contributed by atoms with van der Waals surface area (Å²) >= 11 is 0. The molecule has 0 bridgehead atoms. The zero-order valence-electron chi connectivity index (χ0n) is 14.2. The Morgan fingerprint density at radius 2 is 1.83 bits per heavy atom. The van der Waals surface area contributed by atoms with Crippen molar-refractivity contribution in [2.24, 2.45) is 11.8 Å². The Morgan fingerprint density at radius 3 is 2.54 bits per heavy atom. The normalized spacial score (nSPS) is 23.1. The highest BCUT2D eigenvalue weighted by molar-refractivity contribution is 5.18. The lowest BCUT2D eigenvalue weighted by molar-refractivity contribution is 0.0214. The number of hydrogen-bond donors (Lipinski definition) is 1. The number of aliphatic hydroxyl groups is 1. The maximum absolute atomic E-state index is 13.8. The van der Waals surface area contributed by atoms with Gasteiger partial charge in [-0.1, -0.05) is 55.5 Å². The van der Waals surface area contributed by atoms with Crippen LogP contribution in [0.15, 0.2) is 54.6 Å². The van der Waals surface area contributed by atoms with Crippen LogP contribution in [0.2, 0.25) is 0 Å². The van der Waals surface area contributed by atoms with Crippen LogP contribution < -0.4 is 0 Å². The fraction of sp³-hybridized carbons (Fsp3) is 0.429. The van der Waals surface area contributed by atoms with Crippen molar-refractivity contribution in [3.63, 3.8) is 0 Å². The van der Waals surface area contributed by atoms with Gasteiger partial charge in [0, 0.05) is 19.5 Å². The van der Waals surface area contributed by atoms with E-state index in [1.54, 1.807) is 12.1 Å². The van der Waals surface area contributed by atoms with Crippen LogP contribution in [0.25, 0.3) is 0 Å². The number of piperidine rings is 1. The molecule has 0 aliphatic carbocycles. The Hall–Kier alpha value is -1.71. The van der Waals surface area contributed by atoms with E-state index in [0.717, 1.165) is 26.1 Å². The third kappa shape index (κ3) is 4.22. The molecule has 0 spiro atoms. The molecule has 2 aromatic rings. The Labute approximate surface area is 143 Å². The van der Waals surface area contributed by atoms with Crippen LogP contribution in [0, 0.1) is 17.7 Å². The van der Waals surface area contributed by atoms with E-state index in [0.29, 0.717) is 17.9 Å². The summed E-state index contributed by atoms with van der Waals surface area (Å²) in [6, 6.07) is 17.3. The molecule has 1 fully saturated rings. The number of likely N-dealkylation sites (tertiary alicyclic amines) is 1. The van der Waals surface area contributed by atoms with Crippen LogP contribution >= 0.6 is 0 Å². The second-order valence-corrected chi connectivity index (χ2v) is 7.01. The number of hydrogen-bond acceptors (Lipinski definition) is 2. The number of rotatable bonds is 5. The van der Waals surface area contributed by atoms with Gasteiger partial charge in [-0.25, -0.2) is 4.39 Å². The molecule has 3 atom stereocenters. The van der Waals surface area contributed by atoms with Crippen LogP contribution in [-0.4, -0.2) is 29.2 Å². The molecule has 0 saturated carbocycles. The largest absolute Gasteiger partial charge is 0.392 e. The minimum atomic E-state index is -0.476. The highest BCUT2D eigenvalue weighted by Gasteiger charge is 2.31. The summed E-state index contributed by atoms with van der Waals surface area (Å²) in [6.45, 7) is 5.12. The summed E-state index contributed by atoms with van der Waals surface area (Å²) in [5, 5.41) is 10.6. The third-order valence-corrected chi connectivity index (χ3v) is 5.19. The van der Waals surface area contributed by atoms with Crippen LogP contribution in [-0.2, 0) is 13.0 Å². The minimum absolute atomic E-state index is 0.217. The lowest BCUT2D eigenvalue weighted by Crippen LogP contribution is -2.43. The van der Waals surface area contributed by atoms with E-state index >= 15 is 0 Å². The molecule has 2 aromatic carbocycles. The molecule has 1 unspecified atom stereocenters. The van der Waals surface area contributed by atoms with E-state index in [-0.39, 0.29) is 11.7 Å². The third-order valence-electron chi connectivity index (χ3n) is 5.19. The average molecular weight is 327 g/mol. The van der Waals surface area contributed by atoms with Crippen molar-refractivity contribution < 1.29 is 9.50 Å². The molecule has 1 N–H and O–H groups in total. The van der Waals surface area contributed by atoms with Gasteiger partial charge >= 0.3 is 0 Å². The Kier molecular flexibility index (Phi) is 5.64. The molecule has 1 aliphatic heterocycles. The van der Waals surface area contributed by atoms with Crippen molar-refractivity contribution in [2.45, 2.75) is 32.4 Å². The molecule has 3 heteroatoms. The zero-order valence-corrected chi connectivity index (χ0v) is 14.2. The molecule has 2 nitrogen and oxygen atoms in total. The second kappa shape index (κ2) is 7.91. The van der Waals surface area contributed by atoms with E-state index in [9.17, 15) is 9.50 Å². The maximum atomic E-state index is 13.8. The van der Waals surface area contributed by atoms with Crippen molar-refractivity contribution in [2.75, 3.05) is 13.1 Å². The lowest BCUT2D eigenvalue weighted by atomic mass is 9.80.